The minimum Gasteiger partial charge on any atom is -0.402 e. The molecule has 1 aliphatic carbocycles. The summed E-state index contributed by atoms with van der Waals surface area (Å²) in [7, 11) is 0. The Hall–Kier alpha value is -0.540. The van der Waals surface area contributed by atoms with E-state index in [4.69, 9.17) is 11.6 Å². The molecule has 0 saturated heterocycles. The Labute approximate surface area is 61.4 Å². The maximum absolute atomic E-state index is 5.62. The number of nitrogens with one attached hydrogen (secondary N) is 1. The Morgan fingerprint density at radius 1 is 1.90 bits per heavy atom. The molecular weight excluding hydrogens is 126 g/mol. The summed E-state index contributed by atoms with van der Waals surface area (Å²) in [6.07, 6.45) is 1.12. The van der Waals surface area contributed by atoms with Gasteiger partial charge in [0, 0.05) is 17.7 Å². The molecule has 3 heteroatoms. The van der Waals surface area contributed by atoms with Gasteiger partial charge in [0.25, 0.3) is 0 Å². The summed E-state index contributed by atoms with van der Waals surface area (Å²) in [5.41, 5.74) is 9.13. The summed E-state index contributed by atoms with van der Waals surface area (Å²) in [5, 5.41) is 0. The molecule has 0 heterocycles. The van der Waals surface area contributed by atoms with Crippen LogP contribution in [0.25, 0.3) is 0 Å². The number of hydrogen-bond acceptors (Lipinski definition) is 3. The highest BCUT2D eigenvalue weighted by atomic mass is 15.2. The van der Waals surface area contributed by atoms with Crippen LogP contribution in [-0.2, 0) is 0 Å². The van der Waals surface area contributed by atoms with Gasteiger partial charge in [0.15, 0.2) is 0 Å². The molecule has 1 unspecified atom stereocenters. The largest absolute Gasteiger partial charge is 0.402 e. The van der Waals surface area contributed by atoms with E-state index in [1.807, 2.05) is 0 Å². The molecule has 10 heavy (non-hydrogen) atoms. The lowest BCUT2D eigenvalue weighted by Gasteiger charge is -2.14. The minimum atomic E-state index is 0.106. The Balaban J connectivity index is 2.55. The van der Waals surface area contributed by atoms with Gasteiger partial charge in [-0.15, -0.1) is 0 Å². The van der Waals surface area contributed by atoms with Crippen LogP contribution in [0.3, 0.4) is 0 Å². The highest BCUT2D eigenvalue weighted by Gasteiger charge is 2.51. The van der Waals surface area contributed by atoms with E-state index in [1.165, 1.54) is 0 Å². The second-order valence-corrected chi connectivity index (χ2v) is 3.17. The first-order chi connectivity index (χ1) is 4.63. The smallest absolute Gasteiger partial charge is 0.0260 e. The van der Waals surface area contributed by atoms with Crippen LogP contribution >= 0.6 is 0 Å². The molecule has 0 aromatic heterocycles. The van der Waals surface area contributed by atoms with Crippen molar-refractivity contribution in [3.05, 3.63) is 12.3 Å². The monoisotopic (exact) mass is 141 g/mol. The lowest BCUT2D eigenvalue weighted by atomic mass is 10.0. The molecule has 0 radical (unpaired) electrons. The molecular formula is C7H15N3. The van der Waals surface area contributed by atoms with E-state index in [-0.39, 0.29) is 5.41 Å². The molecule has 1 rings (SSSR count). The van der Waals surface area contributed by atoms with Crippen molar-refractivity contribution < 1.29 is 0 Å². The molecule has 2 atom stereocenters. The Kier molecular flexibility index (Phi) is 1.70. The molecule has 0 bridgehead atoms. The van der Waals surface area contributed by atoms with Gasteiger partial charge < -0.3 is 5.73 Å². The Bertz CT molecular complexity index is 155. The third-order valence-corrected chi connectivity index (χ3v) is 2.51. The lowest BCUT2D eigenvalue weighted by Crippen LogP contribution is -2.33. The van der Waals surface area contributed by atoms with E-state index < -0.39 is 0 Å². The molecule has 0 aromatic rings. The fraction of sp³-hybridized carbons (Fsp3) is 0.714. The Morgan fingerprint density at radius 2 is 2.40 bits per heavy atom. The molecule has 0 spiro atoms. The summed E-state index contributed by atoms with van der Waals surface area (Å²) in [6, 6.07) is 0. The van der Waals surface area contributed by atoms with Crippen LogP contribution in [0, 0.1) is 11.3 Å². The maximum atomic E-state index is 5.62. The Morgan fingerprint density at radius 3 is 2.50 bits per heavy atom. The van der Waals surface area contributed by atoms with Crippen LogP contribution < -0.4 is 17.0 Å². The standard InChI is InChI=1S/C7H15N3/c1-5-3-7(5,4-10-9)6(2)8/h5,10H,2-4,8-9H2,1H3/t5?,7-/m0/s1. The zero-order valence-electron chi connectivity index (χ0n) is 6.35. The van der Waals surface area contributed by atoms with Gasteiger partial charge in [0.1, 0.15) is 0 Å². The van der Waals surface area contributed by atoms with Gasteiger partial charge >= 0.3 is 0 Å². The quantitative estimate of drug-likeness (QED) is 0.381. The van der Waals surface area contributed by atoms with Gasteiger partial charge in [-0.25, -0.2) is 0 Å². The third kappa shape index (κ3) is 0.914. The van der Waals surface area contributed by atoms with Gasteiger partial charge in [-0.1, -0.05) is 13.5 Å². The third-order valence-electron chi connectivity index (χ3n) is 2.51. The van der Waals surface area contributed by atoms with Crippen molar-refractivity contribution in [2.24, 2.45) is 22.9 Å². The fourth-order valence-electron chi connectivity index (χ4n) is 1.48. The van der Waals surface area contributed by atoms with E-state index in [0.29, 0.717) is 5.92 Å². The summed E-state index contributed by atoms with van der Waals surface area (Å²) in [4.78, 5) is 0. The lowest BCUT2D eigenvalue weighted by molar-refractivity contribution is 0.496. The summed E-state index contributed by atoms with van der Waals surface area (Å²) in [6.45, 7) is 6.66. The van der Waals surface area contributed by atoms with E-state index >= 15 is 0 Å². The van der Waals surface area contributed by atoms with E-state index in [2.05, 4.69) is 18.9 Å². The molecule has 0 aliphatic heterocycles. The SMILES string of the molecule is C=C(N)[C@]1(CNN)CC1C. The van der Waals surface area contributed by atoms with Crippen LogP contribution in [-0.4, -0.2) is 6.54 Å². The predicted molar refractivity (Wildman–Crippen MR) is 41.7 cm³/mol. The average Bonchev–Trinajstić information content (AvgIpc) is 2.44. The zero-order valence-corrected chi connectivity index (χ0v) is 6.35. The van der Waals surface area contributed by atoms with Crippen LogP contribution in [0.15, 0.2) is 12.3 Å². The summed E-state index contributed by atoms with van der Waals surface area (Å²) in [5.74, 6) is 5.85. The second-order valence-electron chi connectivity index (χ2n) is 3.17. The second kappa shape index (κ2) is 2.25. The van der Waals surface area contributed by atoms with Crippen molar-refractivity contribution in [3.63, 3.8) is 0 Å². The molecule has 58 valence electrons. The van der Waals surface area contributed by atoms with Crippen LogP contribution in [0.1, 0.15) is 13.3 Å². The topological polar surface area (TPSA) is 64.1 Å². The summed E-state index contributed by atoms with van der Waals surface area (Å²) >= 11 is 0. The number of hydrogen-bond donors (Lipinski definition) is 3. The van der Waals surface area contributed by atoms with Crippen LogP contribution in [0.4, 0.5) is 0 Å². The first-order valence-corrected chi connectivity index (χ1v) is 3.52. The van der Waals surface area contributed by atoms with Gasteiger partial charge in [-0.2, -0.15) is 0 Å². The van der Waals surface area contributed by atoms with E-state index in [0.717, 1.165) is 18.7 Å². The predicted octanol–water partition coefficient (Wildman–Crippen LogP) is -0.0517. The number of hydrazine groups is 1. The first kappa shape index (κ1) is 7.57. The van der Waals surface area contributed by atoms with Gasteiger partial charge in [0.05, 0.1) is 0 Å². The molecule has 1 saturated carbocycles. The fourth-order valence-corrected chi connectivity index (χ4v) is 1.48. The van der Waals surface area contributed by atoms with Crippen molar-refractivity contribution in [2.45, 2.75) is 13.3 Å². The molecule has 1 fully saturated rings. The van der Waals surface area contributed by atoms with Crippen LogP contribution in [0.2, 0.25) is 0 Å². The summed E-state index contributed by atoms with van der Waals surface area (Å²) < 4.78 is 0. The molecule has 5 N–H and O–H groups in total. The average molecular weight is 141 g/mol. The molecule has 1 aliphatic rings. The molecule has 0 amide bonds. The normalized spacial score (nSPS) is 37.6. The number of nitrogens with two attached hydrogens (primary N) is 2. The molecule has 3 nitrogen and oxygen atoms in total. The van der Waals surface area contributed by atoms with Crippen molar-refractivity contribution in [2.75, 3.05) is 6.54 Å². The van der Waals surface area contributed by atoms with E-state index in [9.17, 15) is 0 Å². The van der Waals surface area contributed by atoms with Crippen molar-refractivity contribution in [3.8, 4) is 0 Å². The first-order valence-electron chi connectivity index (χ1n) is 3.52. The van der Waals surface area contributed by atoms with E-state index in [1.54, 1.807) is 0 Å². The molecule has 0 aromatic carbocycles. The van der Waals surface area contributed by atoms with Gasteiger partial charge in [-0.3, -0.25) is 11.3 Å². The number of rotatable bonds is 3. The highest BCUT2D eigenvalue weighted by Crippen LogP contribution is 2.54. The van der Waals surface area contributed by atoms with Crippen molar-refractivity contribution >= 4 is 0 Å². The maximum Gasteiger partial charge on any atom is 0.0260 e. The van der Waals surface area contributed by atoms with Crippen molar-refractivity contribution in [1.82, 2.24) is 5.43 Å². The van der Waals surface area contributed by atoms with Crippen LogP contribution in [0.5, 0.6) is 0 Å². The van der Waals surface area contributed by atoms with Gasteiger partial charge in [0.2, 0.25) is 0 Å². The van der Waals surface area contributed by atoms with Crippen molar-refractivity contribution in [1.29, 1.82) is 0 Å². The van der Waals surface area contributed by atoms with Gasteiger partial charge in [-0.05, 0) is 12.3 Å². The minimum absolute atomic E-state index is 0.106. The highest BCUT2D eigenvalue weighted by molar-refractivity contribution is 5.19. The zero-order chi connectivity index (χ0) is 7.78.